The van der Waals surface area contributed by atoms with Gasteiger partial charge in [-0.25, -0.2) is 0 Å². The van der Waals surface area contributed by atoms with E-state index in [2.05, 4.69) is 13.0 Å². The molecule has 0 N–H and O–H groups in total. The Bertz CT molecular complexity index is 489. The number of ether oxygens (including phenoxy) is 2. The third kappa shape index (κ3) is 3.44. The van der Waals surface area contributed by atoms with Crippen LogP contribution in [0.5, 0.6) is 0 Å². The van der Waals surface area contributed by atoms with E-state index in [0.717, 1.165) is 31.5 Å². The van der Waals surface area contributed by atoms with Gasteiger partial charge in [0, 0.05) is 19.0 Å². The molecule has 0 atom stereocenters. The number of nitrogens with zero attached hydrogens (tertiary/aromatic N) is 1. The van der Waals surface area contributed by atoms with Crippen LogP contribution in [0.3, 0.4) is 0 Å². The Morgan fingerprint density at radius 3 is 2.52 bits per heavy atom. The average molecular weight is 289 g/mol. The molecule has 2 aliphatic rings. The molecule has 2 fully saturated rings. The summed E-state index contributed by atoms with van der Waals surface area (Å²) in [5.74, 6) is 0.672. The van der Waals surface area contributed by atoms with E-state index in [4.69, 9.17) is 9.47 Å². The van der Waals surface area contributed by atoms with Gasteiger partial charge in [0.25, 0.3) is 0 Å². The number of rotatable bonds is 3. The van der Waals surface area contributed by atoms with Crippen molar-refractivity contribution in [3.63, 3.8) is 0 Å². The summed E-state index contributed by atoms with van der Waals surface area (Å²) in [4.78, 5) is 14.4. The summed E-state index contributed by atoms with van der Waals surface area (Å²) in [6.07, 6.45) is 2.42. The summed E-state index contributed by atoms with van der Waals surface area (Å²) in [6.45, 7) is 5.11. The Morgan fingerprint density at radius 2 is 1.86 bits per heavy atom. The molecular formula is C17H23NO3. The zero-order valence-corrected chi connectivity index (χ0v) is 12.6. The molecule has 3 rings (SSSR count). The topological polar surface area (TPSA) is 38.8 Å². The maximum Gasteiger partial charge on any atom is 0.226 e. The fourth-order valence-electron chi connectivity index (χ4n) is 3.15. The number of carbonyl (C=O) groups excluding carboxylic acids is 1. The maximum absolute atomic E-state index is 12.4. The molecule has 2 saturated heterocycles. The number of hydrogen-bond acceptors (Lipinski definition) is 3. The Morgan fingerprint density at radius 1 is 1.19 bits per heavy atom. The van der Waals surface area contributed by atoms with Gasteiger partial charge >= 0.3 is 0 Å². The Labute approximate surface area is 126 Å². The first-order chi connectivity index (χ1) is 10.2. The second-order valence-corrected chi connectivity index (χ2v) is 5.93. The lowest BCUT2D eigenvalue weighted by Gasteiger charge is -2.34. The lowest BCUT2D eigenvalue weighted by atomic mass is 9.95. The smallest absolute Gasteiger partial charge is 0.226 e. The van der Waals surface area contributed by atoms with Crippen molar-refractivity contribution in [3.05, 3.63) is 35.4 Å². The van der Waals surface area contributed by atoms with Crippen molar-refractivity contribution in [2.75, 3.05) is 26.3 Å². The molecule has 0 bridgehead atoms. The van der Waals surface area contributed by atoms with E-state index in [9.17, 15) is 4.79 Å². The second-order valence-electron chi connectivity index (χ2n) is 5.93. The van der Waals surface area contributed by atoms with E-state index in [1.807, 2.05) is 23.1 Å². The summed E-state index contributed by atoms with van der Waals surface area (Å²) in [5, 5.41) is 0. The molecule has 1 amide bonds. The van der Waals surface area contributed by atoms with Gasteiger partial charge in [0.1, 0.15) is 0 Å². The normalized spacial score (nSPS) is 20.9. The highest BCUT2D eigenvalue weighted by Crippen LogP contribution is 2.26. The minimum atomic E-state index is -0.0429. The summed E-state index contributed by atoms with van der Waals surface area (Å²) in [7, 11) is 0. The van der Waals surface area contributed by atoms with E-state index in [1.165, 1.54) is 5.56 Å². The quantitative estimate of drug-likeness (QED) is 0.856. The summed E-state index contributed by atoms with van der Waals surface area (Å²) in [6, 6.07) is 8.11. The largest absolute Gasteiger partial charge is 0.350 e. The molecule has 4 nitrogen and oxygen atoms in total. The number of aryl methyl sites for hydroxylation is 1. The van der Waals surface area contributed by atoms with Gasteiger partial charge < -0.3 is 14.4 Å². The van der Waals surface area contributed by atoms with Crippen molar-refractivity contribution < 1.29 is 14.3 Å². The Balaban J connectivity index is 1.52. The fourth-order valence-corrected chi connectivity index (χ4v) is 3.15. The number of piperidine rings is 1. The van der Waals surface area contributed by atoms with Crippen molar-refractivity contribution in [2.45, 2.75) is 32.5 Å². The highest BCUT2D eigenvalue weighted by atomic mass is 16.7. The first-order valence-electron chi connectivity index (χ1n) is 7.79. The van der Waals surface area contributed by atoms with E-state index < -0.39 is 0 Å². The number of likely N-dealkylation sites (tertiary alicyclic amines) is 1. The molecule has 114 valence electrons. The molecule has 1 aromatic carbocycles. The van der Waals surface area contributed by atoms with Crippen LogP contribution >= 0.6 is 0 Å². The highest BCUT2D eigenvalue weighted by molar-refractivity contribution is 5.79. The van der Waals surface area contributed by atoms with Gasteiger partial charge in [0.15, 0.2) is 6.29 Å². The first kappa shape index (κ1) is 14.5. The predicted molar refractivity (Wildman–Crippen MR) is 79.9 cm³/mol. The van der Waals surface area contributed by atoms with E-state index >= 15 is 0 Å². The monoisotopic (exact) mass is 289 g/mol. The third-order valence-corrected chi connectivity index (χ3v) is 4.53. The highest BCUT2D eigenvalue weighted by Gasteiger charge is 2.31. The van der Waals surface area contributed by atoms with Crippen LogP contribution in [0.1, 0.15) is 24.0 Å². The number of amides is 1. The Hall–Kier alpha value is -1.39. The maximum atomic E-state index is 12.4. The minimum Gasteiger partial charge on any atom is -0.350 e. The van der Waals surface area contributed by atoms with Gasteiger partial charge in [-0.2, -0.15) is 0 Å². The molecule has 0 saturated carbocycles. The van der Waals surface area contributed by atoms with Crippen molar-refractivity contribution in [1.82, 2.24) is 4.90 Å². The summed E-state index contributed by atoms with van der Waals surface area (Å²) >= 11 is 0. The number of hydrogen-bond donors (Lipinski definition) is 0. The first-order valence-corrected chi connectivity index (χ1v) is 7.79. The molecular weight excluding hydrogens is 266 g/mol. The van der Waals surface area contributed by atoms with Crippen LogP contribution in [0.2, 0.25) is 0 Å². The molecule has 2 heterocycles. The van der Waals surface area contributed by atoms with Crippen LogP contribution < -0.4 is 0 Å². The van der Waals surface area contributed by atoms with Crippen LogP contribution in [0, 0.1) is 12.8 Å². The second kappa shape index (κ2) is 6.58. The Kier molecular flexibility index (Phi) is 4.56. The van der Waals surface area contributed by atoms with Crippen LogP contribution in [0.4, 0.5) is 0 Å². The van der Waals surface area contributed by atoms with Crippen molar-refractivity contribution in [1.29, 1.82) is 0 Å². The van der Waals surface area contributed by atoms with Gasteiger partial charge in [-0.05, 0) is 30.9 Å². The SMILES string of the molecule is Cc1ccccc1CC(=O)N1CCC(C2OCCO2)CC1. The number of carbonyl (C=O) groups is 1. The number of benzene rings is 1. The molecule has 0 radical (unpaired) electrons. The molecule has 0 aromatic heterocycles. The van der Waals surface area contributed by atoms with Crippen molar-refractivity contribution in [2.24, 2.45) is 5.92 Å². The molecule has 0 unspecified atom stereocenters. The van der Waals surface area contributed by atoms with E-state index in [-0.39, 0.29) is 12.2 Å². The third-order valence-electron chi connectivity index (χ3n) is 4.53. The van der Waals surface area contributed by atoms with E-state index in [0.29, 0.717) is 25.6 Å². The molecule has 4 heteroatoms. The molecule has 0 aliphatic carbocycles. The van der Waals surface area contributed by atoms with E-state index in [1.54, 1.807) is 0 Å². The van der Waals surface area contributed by atoms with Gasteiger partial charge in [-0.1, -0.05) is 24.3 Å². The minimum absolute atomic E-state index is 0.0429. The van der Waals surface area contributed by atoms with Crippen LogP contribution in [0.15, 0.2) is 24.3 Å². The van der Waals surface area contributed by atoms with Gasteiger partial charge in [-0.3, -0.25) is 4.79 Å². The van der Waals surface area contributed by atoms with Crippen LogP contribution in [-0.4, -0.2) is 43.4 Å². The zero-order chi connectivity index (χ0) is 14.7. The lowest BCUT2D eigenvalue weighted by Crippen LogP contribution is -2.42. The predicted octanol–water partition coefficient (Wildman–Crippen LogP) is 2.15. The van der Waals surface area contributed by atoms with Crippen LogP contribution in [-0.2, 0) is 20.7 Å². The van der Waals surface area contributed by atoms with Crippen LogP contribution in [0.25, 0.3) is 0 Å². The van der Waals surface area contributed by atoms with Gasteiger partial charge in [0.2, 0.25) is 5.91 Å². The zero-order valence-electron chi connectivity index (χ0n) is 12.6. The summed E-state index contributed by atoms with van der Waals surface area (Å²) < 4.78 is 11.1. The fraction of sp³-hybridized carbons (Fsp3) is 0.588. The van der Waals surface area contributed by atoms with Gasteiger partial charge in [0.05, 0.1) is 19.6 Å². The lowest BCUT2D eigenvalue weighted by molar-refractivity contribution is -0.136. The van der Waals surface area contributed by atoms with Crippen molar-refractivity contribution in [3.8, 4) is 0 Å². The average Bonchev–Trinajstić information content (AvgIpc) is 3.04. The van der Waals surface area contributed by atoms with Crippen molar-refractivity contribution >= 4 is 5.91 Å². The summed E-state index contributed by atoms with van der Waals surface area (Å²) in [5.41, 5.74) is 2.32. The van der Waals surface area contributed by atoms with Gasteiger partial charge in [-0.15, -0.1) is 0 Å². The molecule has 0 spiro atoms. The molecule has 2 aliphatic heterocycles. The molecule has 21 heavy (non-hydrogen) atoms. The standard InChI is InChI=1S/C17H23NO3/c1-13-4-2-3-5-15(13)12-16(19)18-8-6-14(7-9-18)17-20-10-11-21-17/h2-5,14,17H,6-12H2,1H3. The molecule has 1 aromatic rings.